The van der Waals surface area contributed by atoms with Gasteiger partial charge >= 0.3 is 6.03 Å². The Kier molecular flexibility index (Phi) is 4.12. The smallest absolute Gasteiger partial charge is 0.332 e. The van der Waals surface area contributed by atoms with Crippen LogP contribution in [-0.2, 0) is 6.42 Å². The van der Waals surface area contributed by atoms with Crippen LogP contribution in [0.1, 0.15) is 12.5 Å². The Morgan fingerprint density at radius 2 is 2.07 bits per heavy atom. The number of benzene rings is 1. The second kappa shape index (κ2) is 5.36. The fourth-order valence-electron chi connectivity index (χ4n) is 1.09. The van der Waals surface area contributed by atoms with Gasteiger partial charge in [0.15, 0.2) is 0 Å². The first-order valence-corrected chi connectivity index (χ1v) is 4.79. The molecule has 0 radical (unpaired) electrons. The van der Waals surface area contributed by atoms with E-state index in [0.717, 1.165) is 11.3 Å². The molecule has 80 valence electrons. The number of primary amides is 1. The minimum absolute atomic E-state index is 0.650. The molecule has 0 aliphatic carbocycles. The molecule has 0 spiro atoms. The van der Waals surface area contributed by atoms with Crippen molar-refractivity contribution in [3.63, 3.8) is 0 Å². The molecule has 0 aliphatic rings. The van der Waals surface area contributed by atoms with Crippen LogP contribution in [0.3, 0.4) is 0 Å². The van der Waals surface area contributed by atoms with Crippen molar-refractivity contribution in [1.82, 2.24) is 5.43 Å². The van der Waals surface area contributed by atoms with Gasteiger partial charge in [-0.15, -0.1) is 0 Å². The molecule has 4 nitrogen and oxygen atoms in total. The molecule has 0 heterocycles. The fraction of sp³-hybridized carbons (Fsp3) is 0.200. The predicted octanol–water partition coefficient (Wildman–Crippen LogP) is 1.93. The van der Waals surface area contributed by atoms with Crippen LogP contribution in [0, 0.1) is 0 Å². The number of hydrazone groups is 1. The van der Waals surface area contributed by atoms with Crippen molar-refractivity contribution in [1.29, 1.82) is 0 Å². The molecule has 0 unspecified atom stereocenters. The third-order valence-corrected chi connectivity index (χ3v) is 1.98. The van der Waals surface area contributed by atoms with Crippen LogP contribution in [0.5, 0.6) is 0 Å². The third-order valence-electron chi connectivity index (χ3n) is 1.73. The van der Waals surface area contributed by atoms with E-state index in [0.29, 0.717) is 11.4 Å². The zero-order valence-corrected chi connectivity index (χ0v) is 9.08. The predicted molar refractivity (Wildman–Crippen MR) is 61.0 cm³/mol. The van der Waals surface area contributed by atoms with Crippen molar-refractivity contribution in [2.45, 2.75) is 13.3 Å². The van der Waals surface area contributed by atoms with E-state index in [1.54, 1.807) is 0 Å². The molecule has 1 aromatic carbocycles. The first-order chi connectivity index (χ1) is 7.08. The van der Waals surface area contributed by atoms with Crippen LogP contribution in [0.25, 0.3) is 0 Å². The van der Waals surface area contributed by atoms with Gasteiger partial charge in [0.25, 0.3) is 0 Å². The number of hydrogen-bond acceptors (Lipinski definition) is 2. The lowest BCUT2D eigenvalue weighted by Gasteiger charge is -2.01. The Labute approximate surface area is 93.1 Å². The van der Waals surface area contributed by atoms with Gasteiger partial charge in [0.05, 0.1) is 0 Å². The Bertz CT molecular complexity index is 373. The molecule has 0 aromatic heterocycles. The minimum Gasteiger partial charge on any atom is -0.350 e. The van der Waals surface area contributed by atoms with Gasteiger partial charge in [-0.2, -0.15) is 5.10 Å². The van der Waals surface area contributed by atoms with E-state index in [9.17, 15) is 4.79 Å². The van der Waals surface area contributed by atoms with Crippen LogP contribution in [0.15, 0.2) is 29.4 Å². The normalized spacial score (nSPS) is 11.2. The van der Waals surface area contributed by atoms with Gasteiger partial charge in [0.1, 0.15) is 0 Å². The van der Waals surface area contributed by atoms with Crippen LogP contribution in [0.4, 0.5) is 4.79 Å². The Morgan fingerprint density at radius 1 is 1.47 bits per heavy atom. The van der Waals surface area contributed by atoms with E-state index >= 15 is 0 Å². The summed E-state index contributed by atoms with van der Waals surface area (Å²) in [7, 11) is 0. The monoisotopic (exact) mass is 225 g/mol. The lowest BCUT2D eigenvalue weighted by Crippen LogP contribution is -2.25. The Morgan fingerprint density at radius 3 is 2.60 bits per heavy atom. The molecule has 0 atom stereocenters. The van der Waals surface area contributed by atoms with Crippen molar-refractivity contribution >= 4 is 23.3 Å². The van der Waals surface area contributed by atoms with Crippen LogP contribution < -0.4 is 11.2 Å². The summed E-state index contributed by atoms with van der Waals surface area (Å²) in [6.07, 6.45) is 0.650. The number of carbonyl (C=O) groups is 1. The van der Waals surface area contributed by atoms with Crippen LogP contribution >= 0.6 is 11.6 Å². The van der Waals surface area contributed by atoms with E-state index < -0.39 is 6.03 Å². The van der Waals surface area contributed by atoms with Crippen LogP contribution in [0.2, 0.25) is 5.02 Å². The highest BCUT2D eigenvalue weighted by molar-refractivity contribution is 6.30. The quantitative estimate of drug-likeness (QED) is 0.599. The molecule has 1 rings (SSSR count). The number of nitrogens with one attached hydrogen (secondary N) is 1. The van der Waals surface area contributed by atoms with Gasteiger partial charge in [-0.05, 0) is 24.6 Å². The van der Waals surface area contributed by atoms with E-state index in [2.05, 4.69) is 10.5 Å². The van der Waals surface area contributed by atoms with Crippen molar-refractivity contribution in [2.75, 3.05) is 0 Å². The lowest BCUT2D eigenvalue weighted by molar-refractivity contribution is 0.249. The molecule has 0 bridgehead atoms. The van der Waals surface area contributed by atoms with Gasteiger partial charge in [-0.25, -0.2) is 10.2 Å². The van der Waals surface area contributed by atoms with E-state index in [4.69, 9.17) is 17.3 Å². The average Bonchev–Trinajstić information content (AvgIpc) is 2.19. The fourth-order valence-corrected chi connectivity index (χ4v) is 1.21. The van der Waals surface area contributed by atoms with Gasteiger partial charge < -0.3 is 5.73 Å². The molecule has 15 heavy (non-hydrogen) atoms. The van der Waals surface area contributed by atoms with Crippen molar-refractivity contribution in [3.05, 3.63) is 34.9 Å². The largest absolute Gasteiger partial charge is 0.350 e. The first kappa shape index (κ1) is 11.5. The maximum atomic E-state index is 10.4. The third kappa shape index (κ3) is 4.46. The Balaban J connectivity index is 2.58. The minimum atomic E-state index is -0.662. The highest BCUT2D eigenvalue weighted by atomic mass is 35.5. The first-order valence-electron chi connectivity index (χ1n) is 4.41. The molecular weight excluding hydrogens is 214 g/mol. The van der Waals surface area contributed by atoms with E-state index in [-0.39, 0.29) is 0 Å². The summed E-state index contributed by atoms with van der Waals surface area (Å²) < 4.78 is 0. The second-order valence-electron chi connectivity index (χ2n) is 3.13. The summed E-state index contributed by atoms with van der Waals surface area (Å²) in [6.45, 7) is 1.81. The molecule has 0 fully saturated rings. The number of nitrogens with two attached hydrogens (primary N) is 1. The summed E-state index contributed by atoms with van der Waals surface area (Å²) in [6, 6.07) is 6.78. The molecular formula is C10H12ClN3O. The zero-order valence-electron chi connectivity index (χ0n) is 8.33. The maximum Gasteiger partial charge on any atom is 0.332 e. The topological polar surface area (TPSA) is 67.5 Å². The number of hydrogen-bond donors (Lipinski definition) is 2. The van der Waals surface area contributed by atoms with Crippen LogP contribution in [-0.4, -0.2) is 11.7 Å². The van der Waals surface area contributed by atoms with E-state index in [1.807, 2.05) is 31.2 Å². The summed E-state index contributed by atoms with van der Waals surface area (Å²) in [5, 5.41) is 4.50. The molecule has 3 N–H and O–H groups in total. The van der Waals surface area contributed by atoms with Crippen molar-refractivity contribution in [3.8, 4) is 0 Å². The van der Waals surface area contributed by atoms with Crippen molar-refractivity contribution < 1.29 is 4.79 Å². The second-order valence-corrected chi connectivity index (χ2v) is 3.56. The van der Waals surface area contributed by atoms with Gasteiger partial charge in [0.2, 0.25) is 0 Å². The van der Waals surface area contributed by atoms with Gasteiger partial charge in [0, 0.05) is 17.2 Å². The molecule has 0 aliphatic heterocycles. The van der Waals surface area contributed by atoms with Gasteiger partial charge in [-0.3, -0.25) is 0 Å². The SMILES string of the molecule is C/C(Cc1ccc(Cl)cc1)=N/NC(N)=O. The Hall–Kier alpha value is -1.55. The number of urea groups is 1. The molecule has 1 aromatic rings. The molecule has 2 amide bonds. The number of amides is 2. The number of halogens is 1. The summed E-state index contributed by atoms with van der Waals surface area (Å²) in [5.41, 5.74) is 8.91. The van der Waals surface area contributed by atoms with Crippen molar-refractivity contribution in [2.24, 2.45) is 10.8 Å². The summed E-state index contributed by atoms with van der Waals surface area (Å²) in [4.78, 5) is 10.4. The number of rotatable bonds is 3. The lowest BCUT2D eigenvalue weighted by atomic mass is 10.1. The van der Waals surface area contributed by atoms with E-state index in [1.165, 1.54) is 0 Å². The maximum absolute atomic E-state index is 10.4. The number of nitrogens with zero attached hydrogens (tertiary/aromatic N) is 1. The highest BCUT2D eigenvalue weighted by Crippen LogP contribution is 2.10. The van der Waals surface area contributed by atoms with Gasteiger partial charge in [-0.1, -0.05) is 23.7 Å². The number of carbonyl (C=O) groups excluding carboxylic acids is 1. The standard InChI is InChI=1S/C10H12ClN3O/c1-7(13-14-10(12)15)6-8-2-4-9(11)5-3-8/h2-5H,6H2,1H3,(H3,12,14,15)/b13-7-. The summed E-state index contributed by atoms with van der Waals surface area (Å²) in [5.74, 6) is 0. The summed E-state index contributed by atoms with van der Waals surface area (Å²) >= 11 is 5.75. The highest BCUT2D eigenvalue weighted by Gasteiger charge is 1.97. The zero-order chi connectivity index (χ0) is 11.3. The molecule has 0 saturated carbocycles. The average molecular weight is 226 g/mol. The molecule has 5 heteroatoms. The molecule has 0 saturated heterocycles.